The van der Waals surface area contributed by atoms with Crippen molar-refractivity contribution in [2.24, 2.45) is 0 Å². The number of carboxylic acids is 1. The van der Waals surface area contributed by atoms with E-state index in [0.29, 0.717) is 11.3 Å². The number of aromatic nitrogens is 1. The lowest BCUT2D eigenvalue weighted by Gasteiger charge is -2.09. The number of aryl methyl sites for hydroxylation is 2. The molecule has 112 valence electrons. The summed E-state index contributed by atoms with van der Waals surface area (Å²) in [6.07, 6.45) is -5.10. The summed E-state index contributed by atoms with van der Waals surface area (Å²) in [7, 11) is 0. The molecule has 21 heavy (non-hydrogen) atoms. The van der Waals surface area contributed by atoms with Crippen molar-refractivity contribution in [1.82, 2.24) is 4.98 Å². The third-order valence-electron chi connectivity index (χ3n) is 2.68. The van der Waals surface area contributed by atoms with Gasteiger partial charge < -0.3 is 10.4 Å². The number of amides is 1. The minimum atomic E-state index is -5.10. The van der Waals surface area contributed by atoms with E-state index in [-0.39, 0.29) is 20.8 Å². The second-order valence-electron chi connectivity index (χ2n) is 4.32. The van der Waals surface area contributed by atoms with Gasteiger partial charge >= 0.3 is 18.1 Å². The second kappa shape index (κ2) is 4.99. The van der Waals surface area contributed by atoms with Crippen molar-refractivity contribution in [2.45, 2.75) is 20.0 Å². The molecule has 0 atom stereocenters. The van der Waals surface area contributed by atoms with Gasteiger partial charge in [0.1, 0.15) is 9.71 Å². The Kier molecular flexibility index (Phi) is 3.62. The number of carboxylic acid groups (broad SMARTS) is 1. The van der Waals surface area contributed by atoms with Crippen molar-refractivity contribution >= 4 is 39.1 Å². The van der Waals surface area contributed by atoms with Gasteiger partial charge in [0.05, 0.1) is 5.69 Å². The van der Waals surface area contributed by atoms with Crippen molar-refractivity contribution in [3.8, 4) is 0 Å². The van der Waals surface area contributed by atoms with E-state index in [1.807, 2.05) is 0 Å². The molecule has 0 aliphatic heterocycles. The first-order chi connectivity index (χ1) is 9.61. The lowest BCUT2D eigenvalue weighted by Crippen LogP contribution is -2.30. The molecule has 9 heteroatoms. The van der Waals surface area contributed by atoms with Gasteiger partial charge in [0, 0.05) is 11.1 Å². The van der Waals surface area contributed by atoms with Crippen LogP contribution in [0.15, 0.2) is 6.07 Å². The van der Waals surface area contributed by atoms with Gasteiger partial charge in [0.15, 0.2) is 0 Å². The van der Waals surface area contributed by atoms with Crippen LogP contribution < -0.4 is 5.32 Å². The Balaban J connectivity index is 2.67. The highest BCUT2D eigenvalue weighted by molar-refractivity contribution is 7.21. The van der Waals surface area contributed by atoms with E-state index in [2.05, 4.69) is 4.98 Å². The first kappa shape index (κ1) is 15.2. The predicted octanol–water partition coefficient (Wildman–Crippen LogP) is 3.11. The van der Waals surface area contributed by atoms with Gasteiger partial charge in [-0.1, -0.05) is 0 Å². The lowest BCUT2D eigenvalue weighted by molar-refractivity contribution is -0.167. The summed E-state index contributed by atoms with van der Waals surface area (Å²) in [5.41, 5.74) is 0.778. The molecule has 0 spiro atoms. The SMILES string of the molecule is Cc1cc(C)c2c(NC(=O)C(F)(F)F)c(C(=O)O)sc2n1. The molecule has 2 N–H and O–H groups in total. The van der Waals surface area contributed by atoms with E-state index >= 15 is 0 Å². The molecular weight excluding hydrogens is 309 g/mol. The average Bonchev–Trinajstić information content (AvgIpc) is 2.66. The molecule has 0 bridgehead atoms. The Hall–Kier alpha value is -2.16. The zero-order chi connectivity index (χ0) is 15.9. The number of hydrogen-bond acceptors (Lipinski definition) is 4. The summed E-state index contributed by atoms with van der Waals surface area (Å²) in [5, 5.41) is 10.9. The van der Waals surface area contributed by atoms with Crippen molar-refractivity contribution in [1.29, 1.82) is 0 Å². The highest BCUT2D eigenvalue weighted by Gasteiger charge is 2.40. The molecule has 0 radical (unpaired) electrons. The minimum Gasteiger partial charge on any atom is -0.477 e. The van der Waals surface area contributed by atoms with Crippen LogP contribution in [0.3, 0.4) is 0 Å². The molecule has 1 amide bonds. The molecule has 2 aromatic rings. The van der Waals surface area contributed by atoms with E-state index < -0.39 is 18.1 Å². The maximum atomic E-state index is 12.4. The number of rotatable bonds is 2. The number of alkyl halides is 3. The maximum absolute atomic E-state index is 12.4. The first-order valence-corrected chi connectivity index (χ1v) is 6.45. The molecule has 0 aliphatic rings. The Labute approximate surface area is 120 Å². The fourth-order valence-electron chi connectivity index (χ4n) is 1.90. The first-order valence-electron chi connectivity index (χ1n) is 5.63. The number of thiophene rings is 1. The van der Waals surface area contributed by atoms with Gasteiger partial charge in [-0.05, 0) is 25.5 Å². The van der Waals surface area contributed by atoms with Crippen molar-refractivity contribution < 1.29 is 27.9 Å². The number of nitrogens with one attached hydrogen (secondary N) is 1. The highest BCUT2D eigenvalue weighted by Crippen LogP contribution is 2.37. The standard InChI is InChI=1S/C12H9F3N2O3S/c1-4-3-5(2)16-9-6(4)7(8(21-9)10(18)19)17-11(20)12(13,14)15/h3H,1-2H3,(H,17,20)(H,18,19). The predicted molar refractivity (Wildman–Crippen MR) is 70.7 cm³/mol. The molecular formula is C12H9F3N2O3S. The summed E-state index contributed by atoms with van der Waals surface area (Å²) >= 11 is 0.720. The second-order valence-corrected chi connectivity index (χ2v) is 5.32. The summed E-state index contributed by atoms with van der Waals surface area (Å²) in [5.74, 6) is -3.64. The summed E-state index contributed by atoms with van der Waals surface area (Å²) in [4.78, 5) is 26.2. The Morgan fingerprint density at radius 1 is 1.33 bits per heavy atom. The van der Waals surface area contributed by atoms with E-state index in [1.165, 1.54) is 0 Å². The van der Waals surface area contributed by atoms with Gasteiger partial charge in [-0.25, -0.2) is 9.78 Å². The van der Waals surface area contributed by atoms with Crippen LogP contribution in [0.5, 0.6) is 0 Å². The zero-order valence-electron chi connectivity index (χ0n) is 10.8. The highest BCUT2D eigenvalue weighted by atomic mass is 32.1. The topological polar surface area (TPSA) is 79.3 Å². The van der Waals surface area contributed by atoms with Crippen LogP contribution in [0.2, 0.25) is 0 Å². The number of hydrogen-bond donors (Lipinski definition) is 2. The molecule has 0 aliphatic carbocycles. The smallest absolute Gasteiger partial charge is 0.471 e. The molecule has 5 nitrogen and oxygen atoms in total. The van der Waals surface area contributed by atoms with Crippen LogP contribution in [0.4, 0.5) is 18.9 Å². The molecule has 0 unspecified atom stereocenters. The maximum Gasteiger partial charge on any atom is 0.471 e. The van der Waals surface area contributed by atoms with Gasteiger partial charge in [-0.15, -0.1) is 11.3 Å². The van der Waals surface area contributed by atoms with Crippen LogP contribution in [0.1, 0.15) is 20.9 Å². The number of carbonyl (C=O) groups is 2. The molecule has 0 fully saturated rings. The monoisotopic (exact) mass is 318 g/mol. The molecule has 2 heterocycles. The minimum absolute atomic E-state index is 0.209. The molecule has 0 saturated heterocycles. The lowest BCUT2D eigenvalue weighted by atomic mass is 10.1. The summed E-state index contributed by atoms with van der Waals surface area (Å²) < 4.78 is 37.1. The fourth-order valence-corrected chi connectivity index (χ4v) is 2.99. The van der Waals surface area contributed by atoms with Crippen molar-refractivity contribution in [3.63, 3.8) is 0 Å². The van der Waals surface area contributed by atoms with Crippen LogP contribution in [-0.2, 0) is 4.79 Å². The van der Waals surface area contributed by atoms with Gasteiger partial charge in [0.2, 0.25) is 0 Å². The Morgan fingerprint density at radius 2 is 1.95 bits per heavy atom. The molecule has 0 aromatic carbocycles. The molecule has 2 rings (SSSR count). The number of anilines is 1. The van der Waals surface area contributed by atoms with Gasteiger partial charge in [-0.3, -0.25) is 4.79 Å². The Morgan fingerprint density at radius 3 is 2.48 bits per heavy atom. The van der Waals surface area contributed by atoms with E-state index in [0.717, 1.165) is 11.3 Å². The van der Waals surface area contributed by atoms with Crippen LogP contribution in [0.25, 0.3) is 10.2 Å². The number of aromatic carboxylic acids is 1. The van der Waals surface area contributed by atoms with Crippen molar-refractivity contribution in [3.05, 3.63) is 22.2 Å². The summed E-state index contributed by atoms with van der Waals surface area (Å²) in [6, 6.07) is 1.60. The Bertz CT molecular complexity index is 752. The number of fused-ring (bicyclic) bond motifs is 1. The van der Waals surface area contributed by atoms with Crippen LogP contribution in [0, 0.1) is 13.8 Å². The quantitative estimate of drug-likeness (QED) is 0.891. The van der Waals surface area contributed by atoms with Gasteiger partial charge in [0.25, 0.3) is 0 Å². The summed E-state index contributed by atoms with van der Waals surface area (Å²) in [6.45, 7) is 3.29. The number of pyridine rings is 1. The number of carbonyl (C=O) groups excluding carboxylic acids is 1. The van der Waals surface area contributed by atoms with E-state index in [1.54, 1.807) is 25.2 Å². The fraction of sp³-hybridized carbons (Fsp3) is 0.250. The largest absolute Gasteiger partial charge is 0.477 e. The third kappa shape index (κ3) is 2.82. The zero-order valence-corrected chi connectivity index (χ0v) is 11.6. The normalized spacial score (nSPS) is 11.7. The number of halogens is 3. The number of nitrogens with zero attached hydrogens (tertiary/aromatic N) is 1. The van der Waals surface area contributed by atoms with Crippen LogP contribution >= 0.6 is 11.3 Å². The molecule has 0 saturated carbocycles. The van der Waals surface area contributed by atoms with Crippen molar-refractivity contribution in [2.75, 3.05) is 5.32 Å². The molecule has 2 aromatic heterocycles. The third-order valence-corrected chi connectivity index (χ3v) is 3.75. The van der Waals surface area contributed by atoms with Crippen LogP contribution in [-0.4, -0.2) is 28.1 Å². The average molecular weight is 318 g/mol. The van der Waals surface area contributed by atoms with E-state index in [4.69, 9.17) is 5.11 Å². The van der Waals surface area contributed by atoms with E-state index in [9.17, 15) is 22.8 Å². The van der Waals surface area contributed by atoms with Gasteiger partial charge in [-0.2, -0.15) is 13.2 Å².